The van der Waals surface area contributed by atoms with E-state index >= 15 is 0 Å². The molecule has 3 N–H and O–H groups in total. The second kappa shape index (κ2) is 6.96. The van der Waals surface area contributed by atoms with Crippen molar-refractivity contribution in [2.24, 2.45) is 0 Å². The first-order chi connectivity index (χ1) is 10.9. The Bertz CT molecular complexity index is 741. The number of hydrogen-bond acceptors (Lipinski definition) is 4. The van der Waals surface area contributed by atoms with Gasteiger partial charge in [0.25, 0.3) is 5.91 Å². The highest BCUT2D eigenvalue weighted by Crippen LogP contribution is 2.19. The van der Waals surface area contributed by atoms with Gasteiger partial charge in [-0.15, -0.1) is 0 Å². The van der Waals surface area contributed by atoms with Crippen LogP contribution >= 0.6 is 0 Å². The Balaban J connectivity index is 2.05. The maximum atomic E-state index is 12.2. The molecular formula is C18H20N2O3. The van der Waals surface area contributed by atoms with E-state index in [0.717, 1.165) is 11.1 Å². The van der Waals surface area contributed by atoms with Gasteiger partial charge < -0.3 is 15.8 Å². The van der Waals surface area contributed by atoms with Gasteiger partial charge in [0.1, 0.15) is 0 Å². The van der Waals surface area contributed by atoms with E-state index in [1.165, 1.54) is 6.92 Å². The third-order valence-corrected chi connectivity index (χ3v) is 3.60. The molecule has 5 heteroatoms. The fourth-order valence-electron chi connectivity index (χ4n) is 2.08. The third kappa shape index (κ3) is 3.88. The topological polar surface area (TPSA) is 81.4 Å². The zero-order valence-corrected chi connectivity index (χ0v) is 13.4. The monoisotopic (exact) mass is 312 g/mol. The van der Waals surface area contributed by atoms with Crippen LogP contribution in [0.25, 0.3) is 0 Å². The lowest BCUT2D eigenvalue weighted by Crippen LogP contribution is -2.30. The molecule has 0 heterocycles. The number of hydrogen-bond donors (Lipinski definition) is 2. The summed E-state index contributed by atoms with van der Waals surface area (Å²) in [6.07, 6.45) is -0.929. The van der Waals surface area contributed by atoms with Gasteiger partial charge in [0.15, 0.2) is 6.10 Å². The Hall–Kier alpha value is -2.82. The minimum Gasteiger partial charge on any atom is -0.449 e. The van der Waals surface area contributed by atoms with E-state index in [1.54, 1.807) is 31.2 Å². The van der Waals surface area contributed by atoms with Crippen LogP contribution in [0, 0.1) is 13.8 Å². The van der Waals surface area contributed by atoms with Crippen molar-refractivity contribution >= 4 is 23.3 Å². The van der Waals surface area contributed by atoms with Crippen LogP contribution in [0.15, 0.2) is 42.5 Å². The van der Waals surface area contributed by atoms with E-state index in [0.29, 0.717) is 11.4 Å². The van der Waals surface area contributed by atoms with Gasteiger partial charge in [-0.25, -0.2) is 4.79 Å². The largest absolute Gasteiger partial charge is 0.449 e. The number of nitrogen functional groups attached to an aromatic ring is 1. The number of amides is 1. The first-order valence-corrected chi connectivity index (χ1v) is 7.32. The molecule has 2 aromatic rings. The van der Waals surface area contributed by atoms with Gasteiger partial charge in [0.2, 0.25) is 0 Å². The number of anilines is 2. The van der Waals surface area contributed by atoms with Gasteiger partial charge in [0.05, 0.1) is 5.56 Å². The molecule has 2 rings (SSSR count). The van der Waals surface area contributed by atoms with Gasteiger partial charge in [-0.05, 0) is 44.0 Å². The molecule has 0 unspecified atom stereocenters. The van der Waals surface area contributed by atoms with Crippen molar-refractivity contribution < 1.29 is 14.3 Å². The molecule has 0 saturated heterocycles. The third-order valence-electron chi connectivity index (χ3n) is 3.60. The lowest BCUT2D eigenvalue weighted by Gasteiger charge is -2.15. The summed E-state index contributed by atoms with van der Waals surface area (Å²) >= 11 is 0. The number of nitrogens with one attached hydrogen (secondary N) is 1. The lowest BCUT2D eigenvalue weighted by molar-refractivity contribution is -0.123. The van der Waals surface area contributed by atoms with E-state index < -0.39 is 12.1 Å². The van der Waals surface area contributed by atoms with Crippen LogP contribution in [0.1, 0.15) is 28.4 Å². The number of carbonyl (C=O) groups excluding carboxylic acids is 2. The van der Waals surface area contributed by atoms with Crippen molar-refractivity contribution in [1.29, 1.82) is 0 Å². The highest BCUT2D eigenvalue weighted by molar-refractivity contribution is 6.00. The van der Waals surface area contributed by atoms with Crippen LogP contribution in [0.2, 0.25) is 0 Å². The maximum Gasteiger partial charge on any atom is 0.341 e. The van der Waals surface area contributed by atoms with Crippen molar-refractivity contribution in [1.82, 2.24) is 0 Å². The second-order valence-corrected chi connectivity index (χ2v) is 5.39. The normalized spacial score (nSPS) is 11.6. The summed E-state index contributed by atoms with van der Waals surface area (Å²) in [4.78, 5) is 24.3. The zero-order valence-electron chi connectivity index (χ0n) is 13.4. The van der Waals surface area contributed by atoms with Gasteiger partial charge in [-0.1, -0.05) is 30.3 Å². The van der Waals surface area contributed by atoms with E-state index in [-0.39, 0.29) is 11.5 Å². The van der Waals surface area contributed by atoms with Crippen molar-refractivity contribution in [3.63, 3.8) is 0 Å². The average molecular weight is 312 g/mol. The fourth-order valence-corrected chi connectivity index (χ4v) is 2.08. The molecule has 0 aromatic heterocycles. The Kier molecular flexibility index (Phi) is 5.01. The highest BCUT2D eigenvalue weighted by atomic mass is 16.5. The van der Waals surface area contributed by atoms with Gasteiger partial charge >= 0.3 is 5.97 Å². The number of nitrogens with two attached hydrogens (primary N) is 1. The summed E-state index contributed by atoms with van der Waals surface area (Å²) in [5.41, 5.74) is 8.92. The molecule has 5 nitrogen and oxygen atoms in total. The van der Waals surface area contributed by atoms with E-state index in [2.05, 4.69) is 5.32 Å². The van der Waals surface area contributed by atoms with Crippen LogP contribution < -0.4 is 11.1 Å². The molecule has 0 aliphatic heterocycles. The Morgan fingerprint density at radius 3 is 2.39 bits per heavy atom. The number of ether oxygens (including phenoxy) is 1. The van der Waals surface area contributed by atoms with Crippen molar-refractivity contribution in [2.45, 2.75) is 26.9 Å². The SMILES string of the molecule is Cc1ccccc1NC(=O)[C@H](C)OC(=O)c1cccc(C)c1N. The number of benzene rings is 2. The van der Waals surface area contributed by atoms with Crippen molar-refractivity contribution in [2.75, 3.05) is 11.1 Å². The second-order valence-electron chi connectivity index (χ2n) is 5.39. The molecule has 0 aliphatic rings. The highest BCUT2D eigenvalue weighted by Gasteiger charge is 2.21. The molecule has 2 aromatic carbocycles. The average Bonchev–Trinajstić information content (AvgIpc) is 2.52. The van der Waals surface area contributed by atoms with Gasteiger partial charge in [-0.2, -0.15) is 0 Å². The molecule has 0 bridgehead atoms. The summed E-state index contributed by atoms with van der Waals surface area (Å²) in [6, 6.07) is 12.5. The summed E-state index contributed by atoms with van der Waals surface area (Å²) in [5.74, 6) is -1.00. The first-order valence-electron chi connectivity index (χ1n) is 7.32. The van der Waals surface area contributed by atoms with Crippen LogP contribution in [-0.2, 0) is 9.53 Å². The summed E-state index contributed by atoms with van der Waals surface area (Å²) in [5, 5.41) is 2.75. The zero-order chi connectivity index (χ0) is 17.0. The van der Waals surface area contributed by atoms with Crippen LogP contribution in [-0.4, -0.2) is 18.0 Å². The summed E-state index contributed by atoms with van der Waals surface area (Å²) in [6.45, 7) is 5.22. The van der Waals surface area contributed by atoms with Gasteiger partial charge in [-0.3, -0.25) is 4.79 Å². The number of rotatable bonds is 4. The predicted octanol–water partition coefficient (Wildman–Crippen LogP) is 3.07. The molecular weight excluding hydrogens is 292 g/mol. The number of para-hydroxylation sites is 2. The molecule has 1 atom stereocenters. The lowest BCUT2D eigenvalue weighted by atomic mass is 10.1. The molecule has 0 radical (unpaired) electrons. The summed E-state index contributed by atoms with van der Waals surface area (Å²) in [7, 11) is 0. The molecule has 1 amide bonds. The van der Waals surface area contributed by atoms with Crippen molar-refractivity contribution in [3.8, 4) is 0 Å². The maximum absolute atomic E-state index is 12.2. The minimum atomic E-state index is -0.929. The molecule has 0 fully saturated rings. The van der Waals surface area contributed by atoms with Gasteiger partial charge in [0, 0.05) is 11.4 Å². The van der Waals surface area contributed by atoms with E-state index in [1.807, 2.05) is 25.1 Å². The van der Waals surface area contributed by atoms with E-state index in [4.69, 9.17) is 10.5 Å². The Morgan fingerprint density at radius 1 is 1.04 bits per heavy atom. The predicted molar refractivity (Wildman–Crippen MR) is 90.3 cm³/mol. The Morgan fingerprint density at radius 2 is 1.70 bits per heavy atom. The van der Waals surface area contributed by atoms with Crippen molar-refractivity contribution in [3.05, 3.63) is 59.2 Å². The van der Waals surface area contributed by atoms with E-state index in [9.17, 15) is 9.59 Å². The molecule has 0 aliphatic carbocycles. The molecule has 120 valence electrons. The molecule has 23 heavy (non-hydrogen) atoms. The molecule has 0 spiro atoms. The molecule has 0 saturated carbocycles. The smallest absolute Gasteiger partial charge is 0.341 e. The number of aryl methyl sites for hydroxylation is 2. The Labute approximate surface area is 135 Å². The quantitative estimate of drug-likeness (QED) is 0.671. The minimum absolute atomic E-state index is 0.264. The summed E-state index contributed by atoms with van der Waals surface area (Å²) < 4.78 is 5.22. The first kappa shape index (κ1) is 16.5. The van der Waals surface area contributed by atoms with Crippen LogP contribution in [0.4, 0.5) is 11.4 Å². The number of esters is 1. The van der Waals surface area contributed by atoms with Crippen LogP contribution in [0.5, 0.6) is 0 Å². The number of carbonyl (C=O) groups is 2. The standard InChI is InChI=1S/C18H20N2O3/c1-11-7-4-5-10-15(11)20-17(21)13(3)23-18(22)14-9-6-8-12(2)16(14)19/h4-10,13H,19H2,1-3H3,(H,20,21)/t13-/m0/s1. The fraction of sp³-hybridized carbons (Fsp3) is 0.222. The van der Waals surface area contributed by atoms with Crippen LogP contribution in [0.3, 0.4) is 0 Å².